The third kappa shape index (κ3) is 3.22. The van der Waals surface area contributed by atoms with Gasteiger partial charge in [0.25, 0.3) is 5.91 Å². The first-order chi connectivity index (χ1) is 10.6. The van der Waals surface area contributed by atoms with Gasteiger partial charge in [-0.15, -0.1) is 0 Å². The summed E-state index contributed by atoms with van der Waals surface area (Å²) in [5, 5.41) is 6.40. The van der Waals surface area contributed by atoms with Crippen molar-refractivity contribution in [1.82, 2.24) is 20.0 Å². The first-order valence-electron chi connectivity index (χ1n) is 7.12. The van der Waals surface area contributed by atoms with Gasteiger partial charge in [0.2, 0.25) is 0 Å². The minimum absolute atomic E-state index is 0.234. The van der Waals surface area contributed by atoms with E-state index in [4.69, 9.17) is 4.52 Å². The van der Waals surface area contributed by atoms with Gasteiger partial charge in [-0.3, -0.25) is 4.79 Å². The first-order valence-corrected chi connectivity index (χ1v) is 7.12. The lowest BCUT2D eigenvalue weighted by atomic mass is 10.3. The molecule has 1 fully saturated rings. The molecule has 2 aromatic rings. The lowest BCUT2D eigenvalue weighted by molar-refractivity contribution is 0.101. The predicted molar refractivity (Wildman–Crippen MR) is 80.9 cm³/mol. The zero-order chi connectivity index (χ0) is 15.5. The predicted octanol–water partition coefficient (Wildman–Crippen LogP) is 0.777. The van der Waals surface area contributed by atoms with Gasteiger partial charge < -0.3 is 19.6 Å². The summed E-state index contributed by atoms with van der Waals surface area (Å²) in [6.45, 7) is 5.53. The Morgan fingerprint density at radius 3 is 2.68 bits per heavy atom. The fraction of sp³-hybridized carbons (Fsp3) is 0.429. The van der Waals surface area contributed by atoms with E-state index in [2.05, 4.69) is 37.3 Å². The normalized spacial score (nSPS) is 15.8. The third-order valence-electron chi connectivity index (χ3n) is 3.58. The van der Waals surface area contributed by atoms with Crippen molar-refractivity contribution in [2.24, 2.45) is 0 Å². The Kier molecular flexibility index (Phi) is 4.01. The number of rotatable bonds is 3. The lowest BCUT2D eigenvalue weighted by Gasteiger charge is -2.33. The van der Waals surface area contributed by atoms with Gasteiger partial charge in [-0.1, -0.05) is 5.16 Å². The van der Waals surface area contributed by atoms with Crippen LogP contribution in [0.1, 0.15) is 16.2 Å². The van der Waals surface area contributed by atoms with Gasteiger partial charge in [-0.2, -0.15) is 0 Å². The average Bonchev–Trinajstić information content (AvgIpc) is 2.95. The van der Waals surface area contributed by atoms with Crippen LogP contribution in [-0.2, 0) is 0 Å². The second-order valence-corrected chi connectivity index (χ2v) is 5.33. The van der Waals surface area contributed by atoms with Crippen molar-refractivity contribution in [2.45, 2.75) is 6.92 Å². The number of nitrogens with one attached hydrogen (secondary N) is 1. The molecule has 0 aliphatic carbocycles. The maximum atomic E-state index is 12.0. The third-order valence-corrected chi connectivity index (χ3v) is 3.58. The van der Waals surface area contributed by atoms with Crippen molar-refractivity contribution >= 4 is 17.5 Å². The van der Waals surface area contributed by atoms with Crippen molar-refractivity contribution in [3.63, 3.8) is 0 Å². The van der Waals surface area contributed by atoms with Crippen LogP contribution < -0.4 is 10.2 Å². The smallest absolute Gasteiger partial charge is 0.279 e. The standard InChI is InChI=1S/C14H18N6O2/c1-10-7-11(18-22-10)14(21)17-12-8-13(16-9-15-12)20-5-3-19(2)4-6-20/h7-9H,3-6H2,1-2H3,(H,15,16,17,21). The highest BCUT2D eigenvalue weighted by atomic mass is 16.5. The van der Waals surface area contributed by atoms with Crippen LogP contribution in [0.4, 0.5) is 11.6 Å². The lowest BCUT2D eigenvalue weighted by Crippen LogP contribution is -2.44. The minimum Gasteiger partial charge on any atom is -0.361 e. The van der Waals surface area contributed by atoms with Gasteiger partial charge in [0, 0.05) is 38.3 Å². The van der Waals surface area contributed by atoms with Gasteiger partial charge in [-0.25, -0.2) is 9.97 Å². The molecule has 8 heteroatoms. The summed E-state index contributed by atoms with van der Waals surface area (Å²) in [5.74, 6) is 1.51. The molecule has 116 valence electrons. The maximum Gasteiger partial charge on any atom is 0.279 e. The van der Waals surface area contributed by atoms with E-state index in [-0.39, 0.29) is 11.6 Å². The molecule has 2 aromatic heterocycles. The van der Waals surface area contributed by atoms with Crippen LogP contribution in [0.25, 0.3) is 0 Å². The summed E-state index contributed by atoms with van der Waals surface area (Å²) in [6.07, 6.45) is 1.46. The minimum atomic E-state index is -0.347. The van der Waals surface area contributed by atoms with E-state index < -0.39 is 0 Å². The second kappa shape index (κ2) is 6.10. The van der Waals surface area contributed by atoms with Crippen molar-refractivity contribution in [3.8, 4) is 0 Å². The Morgan fingerprint density at radius 1 is 1.23 bits per heavy atom. The van der Waals surface area contributed by atoms with Crippen LogP contribution in [0.2, 0.25) is 0 Å². The molecule has 22 heavy (non-hydrogen) atoms. The van der Waals surface area contributed by atoms with Crippen molar-refractivity contribution in [3.05, 3.63) is 29.9 Å². The number of carbonyl (C=O) groups is 1. The molecule has 1 saturated heterocycles. The molecule has 0 atom stereocenters. The Balaban J connectivity index is 1.70. The summed E-state index contributed by atoms with van der Waals surface area (Å²) in [7, 11) is 2.10. The summed E-state index contributed by atoms with van der Waals surface area (Å²) in [4.78, 5) is 24.9. The zero-order valence-corrected chi connectivity index (χ0v) is 12.6. The van der Waals surface area contributed by atoms with Gasteiger partial charge in [-0.05, 0) is 14.0 Å². The number of piperazine rings is 1. The molecule has 3 heterocycles. The molecular weight excluding hydrogens is 284 g/mol. The number of hydrogen-bond donors (Lipinski definition) is 1. The van der Waals surface area contributed by atoms with Crippen LogP contribution in [0.3, 0.4) is 0 Å². The number of aryl methyl sites for hydroxylation is 1. The molecule has 1 N–H and O–H groups in total. The highest BCUT2D eigenvalue weighted by Gasteiger charge is 2.17. The monoisotopic (exact) mass is 302 g/mol. The van der Waals surface area contributed by atoms with E-state index in [0.29, 0.717) is 11.6 Å². The highest BCUT2D eigenvalue weighted by Crippen LogP contribution is 2.16. The molecule has 1 amide bonds. The highest BCUT2D eigenvalue weighted by molar-refractivity contribution is 6.02. The van der Waals surface area contributed by atoms with E-state index >= 15 is 0 Å². The van der Waals surface area contributed by atoms with E-state index in [0.717, 1.165) is 32.0 Å². The number of aromatic nitrogens is 3. The Bertz CT molecular complexity index is 663. The summed E-state index contributed by atoms with van der Waals surface area (Å²) >= 11 is 0. The Hall–Kier alpha value is -2.48. The summed E-state index contributed by atoms with van der Waals surface area (Å²) in [6, 6.07) is 3.36. The maximum absolute atomic E-state index is 12.0. The summed E-state index contributed by atoms with van der Waals surface area (Å²) in [5.41, 5.74) is 0.234. The largest absolute Gasteiger partial charge is 0.361 e. The summed E-state index contributed by atoms with van der Waals surface area (Å²) < 4.78 is 4.90. The van der Waals surface area contributed by atoms with Crippen LogP contribution >= 0.6 is 0 Å². The second-order valence-electron chi connectivity index (χ2n) is 5.33. The number of hydrogen-bond acceptors (Lipinski definition) is 7. The molecule has 0 aromatic carbocycles. The molecule has 8 nitrogen and oxygen atoms in total. The Morgan fingerprint density at radius 2 is 2.00 bits per heavy atom. The topological polar surface area (TPSA) is 87.4 Å². The van der Waals surface area contributed by atoms with Crippen molar-refractivity contribution in [2.75, 3.05) is 43.4 Å². The number of amides is 1. The molecule has 0 unspecified atom stereocenters. The molecule has 0 radical (unpaired) electrons. The SMILES string of the molecule is Cc1cc(C(=O)Nc2cc(N3CCN(C)CC3)ncn2)no1. The van der Waals surface area contributed by atoms with E-state index in [1.807, 2.05) is 0 Å². The van der Waals surface area contributed by atoms with Crippen LogP contribution in [0.15, 0.2) is 23.0 Å². The quantitative estimate of drug-likeness (QED) is 0.896. The van der Waals surface area contributed by atoms with Crippen molar-refractivity contribution < 1.29 is 9.32 Å². The van der Waals surface area contributed by atoms with E-state index in [1.165, 1.54) is 6.33 Å². The van der Waals surface area contributed by atoms with Crippen molar-refractivity contribution in [1.29, 1.82) is 0 Å². The average molecular weight is 302 g/mol. The molecule has 0 bridgehead atoms. The molecule has 0 saturated carbocycles. The molecule has 1 aliphatic rings. The van der Waals surface area contributed by atoms with Gasteiger partial charge >= 0.3 is 0 Å². The fourth-order valence-corrected chi connectivity index (χ4v) is 2.28. The molecule has 1 aliphatic heterocycles. The van der Waals surface area contributed by atoms with Crippen LogP contribution in [-0.4, -0.2) is 59.2 Å². The first kappa shape index (κ1) is 14.5. The zero-order valence-electron chi connectivity index (χ0n) is 12.6. The van der Waals surface area contributed by atoms with E-state index in [1.54, 1.807) is 19.1 Å². The van der Waals surface area contributed by atoms with Crippen LogP contribution in [0.5, 0.6) is 0 Å². The van der Waals surface area contributed by atoms with Gasteiger partial charge in [0.15, 0.2) is 5.69 Å². The number of carbonyl (C=O) groups excluding carboxylic acids is 1. The number of nitrogens with zero attached hydrogens (tertiary/aromatic N) is 5. The van der Waals surface area contributed by atoms with Gasteiger partial charge in [0.05, 0.1) is 0 Å². The number of likely N-dealkylation sites (N-methyl/N-ethyl adjacent to an activating group) is 1. The van der Waals surface area contributed by atoms with Crippen LogP contribution in [0, 0.1) is 6.92 Å². The Labute approximate surface area is 128 Å². The molecule has 3 rings (SSSR count). The van der Waals surface area contributed by atoms with Gasteiger partial charge in [0.1, 0.15) is 23.7 Å². The fourth-order valence-electron chi connectivity index (χ4n) is 2.28. The number of anilines is 2. The molecule has 0 spiro atoms. The van der Waals surface area contributed by atoms with E-state index in [9.17, 15) is 4.79 Å². The molecular formula is C14H18N6O2.